The predicted molar refractivity (Wildman–Crippen MR) is 159 cm³/mol. The average Bonchev–Trinajstić information content (AvgIpc) is 3.15. The first-order valence-corrected chi connectivity index (χ1v) is 14.6. The van der Waals surface area contributed by atoms with Gasteiger partial charge < -0.3 is 9.84 Å². The van der Waals surface area contributed by atoms with Crippen LogP contribution >= 0.6 is 24.0 Å². The quantitative estimate of drug-likeness (QED) is 0.140. The number of hydrogen-bond acceptors (Lipinski definition) is 6. The third-order valence-electron chi connectivity index (χ3n) is 6.34. The Hall–Kier alpha value is -2.68. The lowest BCUT2D eigenvalue weighted by molar-refractivity contribution is -0.140. The van der Waals surface area contributed by atoms with Crippen molar-refractivity contribution in [1.29, 1.82) is 0 Å². The van der Waals surface area contributed by atoms with E-state index in [9.17, 15) is 9.59 Å². The molecule has 0 saturated carbocycles. The summed E-state index contributed by atoms with van der Waals surface area (Å²) in [6.45, 7) is 7.33. The number of thioether (sulfide) groups is 1. The standard InChI is InChI=1S/C30H38N2O4S2/c1-3-5-10-16-31(17-11-6-4-2)20-25-18-24(14-15-26(25)36-22-23-12-8-7-9-13-23)19-27-29(35)32(21-28(33)34)30(37)38-27/h7-9,12-15,18-19H,3-6,10-11,16-17,20-22H2,1-2H3,(H,33,34)/b27-19-. The van der Waals surface area contributed by atoms with E-state index in [2.05, 4.69) is 36.9 Å². The third kappa shape index (κ3) is 9.26. The first kappa shape index (κ1) is 29.9. The highest BCUT2D eigenvalue weighted by Gasteiger charge is 2.33. The molecule has 1 fully saturated rings. The molecule has 1 aliphatic rings. The minimum Gasteiger partial charge on any atom is -0.489 e. The van der Waals surface area contributed by atoms with E-state index in [1.165, 1.54) is 25.7 Å². The molecule has 2 aromatic carbocycles. The Morgan fingerprint density at radius 1 is 1.05 bits per heavy atom. The van der Waals surface area contributed by atoms with Gasteiger partial charge in [0.2, 0.25) is 0 Å². The summed E-state index contributed by atoms with van der Waals surface area (Å²) in [4.78, 5) is 28.0. The normalized spacial score (nSPS) is 14.6. The molecule has 1 heterocycles. The predicted octanol–water partition coefficient (Wildman–Crippen LogP) is 6.73. The Bertz CT molecular complexity index is 1110. The molecule has 0 aliphatic carbocycles. The van der Waals surface area contributed by atoms with Gasteiger partial charge in [-0.15, -0.1) is 0 Å². The molecule has 1 amide bonds. The van der Waals surface area contributed by atoms with E-state index in [0.29, 0.717) is 11.5 Å². The number of carbonyl (C=O) groups excluding carboxylic acids is 1. The van der Waals surface area contributed by atoms with Crippen molar-refractivity contribution >= 4 is 46.3 Å². The van der Waals surface area contributed by atoms with Crippen molar-refractivity contribution in [2.45, 2.75) is 65.5 Å². The Balaban J connectivity index is 1.86. The molecule has 1 saturated heterocycles. The maximum absolute atomic E-state index is 12.8. The number of hydrogen-bond donors (Lipinski definition) is 1. The number of rotatable bonds is 16. The second-order valence-corrected chi connectivity index (χ2v) is 11.2. The molecule has 8 heteroatoms. The number of ether oxygens (including phenoxy) is 1. The van der Waals surface area contributed by atoms with Crippen LogP contribution in [0, 0.1) is 0 Å². The molecule has 1 N–H and O–H groups in total. The van der Waals surface area contributed by atoms with Gasteiger partial charge in [0.15, 0.2) is 0 Å². The summed E-state index contributed by atoms with van der Waals surface area (Å²) in [5.41, 5.74) is 3.04. The first-order chi connectivity index (χ1) is 18.4. The van der Waals surface area contributed by atoms with E-state index >= 15 is 0 Å². The Kier molecular flexibility index (Phi) is 12.3. The molecule has 204 valence electrons. The van der Waals surface area contributed by atoms with Crippen molar-refractivity contribution in [3.05, 3.63) is 70.1 Å². The smallest absolute Gasteiger partial charge is 0.323 e. The van der Waals surface area contributed by atoms with Crippen molar-refractivity contribution in [3.63, 3.8) is 0 Å². The maximum atomic E-state index is 12.8. The lowest BCUT2D eigenvalue weighted by atomic mass is 10.1. The number of thiocarbonyl (C=S) groups is 1. The highest BCUT2D eigenvalue weighted by Crippen LogP contribution is 2.33. The van der Waals surface area contributed by atoms with Crippen molar-refractivity contribution in [3.8, 4) is 5.75 Å². The first-order valence-electron chi connectivity index (χ1n) is 13.4. The minimum atomic E-state index is -1.09. The number of carboxylic acids is 1. The van der Waals surface area contributed by atoms with Crippen molar-refractivity contribution in [2.24, 2.45) is 0 Å². The summed E-state index contributed by atoms with van der Waals surface area (Å²) in [6, 6.07) is 16.1. The zero-order chi connectivity index (χ0) is 27.3. The van der Waals surface area contributed by atoms with E-state index in [-0.39, 0.29) is 10.2 Å². The number of amides is 1. The lowest BCUT2D eigenvalue weighted by Crippen LogP contribution is -2.33. The van der Waals surface area contributed by atoms with Crippen LogP contribution in [0.1, 0.15) is 69.1 Å². The van der Waals surface area contributed by atoms with Gasteiger partial charge in [0, 0.05) is 12.1 Å². The Morgan fingerprint density at radius 2 is 1.74 bits per heavy atom. The number of benzene rings is 2. The van der Waals surface area contributed by atoms with E-state index < -0.39 is 12.5 Å². The van der Waals surface area contributed by atoms with Crippen LogP contribution < -0.4 is 4.74 Å². The molecule has 0 aromatic heterocycles. The molecule has 1 aliphatic heterocycles. The zero-order valence-corrected chi connectivity index (χ0v) is 24.0. The van der Waals surface area contributed by atoms with Gasteiger partial charge in [-0.1, -0.05) is 99.9 Å². The van der Waals surface area contributed by atoms with Crippen LogP contribution in [0.2, 0.25) is 0 Å². The largest absolute Gasteiger partial charge is 0.489 e. The number of carbonyl (C=O) groups is 2. The van der Waals surface area contributed by atoms with Crippen LogP contribution in [0.3, 0.4) is 0 Å². The molecule has 0 unspecified atom stereocenters. The van der Waals surface area contributed by atoms with Gasteiger partial charge in [-0.2, -0.15) is 0 Å². The fraction of sp³-hybridized carbons (Fsp3) is 0.433. The molecule has 0 atom stereocenters. The minimum absolute atomic E-state index is 0.268. The molecule has 6 nitrogen and oxygen atoms in total. The fourth-order valence-electron chi connectivity index (χ4n) is 4.29. The second-order valence-electron chi connectivity index (χ2n) is 9.49. The molecule has 38 heavy (non-hydrogen) atoms. The van der Waals surface area contributed by atoms with Crippen LogP contribution in [-0.4, -0.2) is 50.7 Å². The summed E-state index contributed by atoms with van der Waals surface area (Å²) in [5.74, 6) is -0.620. The van der Waals surface area contributed by atoms with Crippen molar-refractivity contribution in [1.82, 2.24) is 9.80 Å². The topological polar surface area (TPSA) is 70.1 Å². The van der Waals surface area contributed by atoms with Crippen molar-refractivity contribution < 1.29 is 19.4 Å². The van der Waals surface area contributed by atoms with Crippen LogP contribution in [-0.2, 0) is 22.7 Å². The van der Waals surface area contributed by atoms with Gasteiger partial charge in [0.1, 0.15) is 23.2 Å². The van der Waals surface area contributed by atoms with E-state index in [1.54, 1.807) is 6.08 Å². The lowest BCUT2D eigenvalue weighted by Gasteiger charge is -2.24. The fourth-order valence-corrected chi connectivity index (χ4v) is 5.55. The Labute approximate surface area is 236 Å². The molecule has 0 spiro atoms. The molecule has 3 rings (SSSR count). The van der Waals surface area contributed by atoms with Gasteiger partial charge in [-0.05, 0) is 55.3 Å². The highest BCUT2D eigenvalue weighted by atomic mass is 32.2. The van der Waals surface area contributed by atoms with Crippen LogP contribution in [0.25, 0.3) is 6.08 Å². The third-order valence-corrected chi connectivity index (χ3v) is 7.71. The van der Waals surface area contributed by atoms with Gasteiger partial charge in [-0.25, -0.2) is 0 Å². The number of nitrogens with zero attached hydrogens (tertiary/aromatic N) is 2. The molecule has 2 aromatic rings. The Morgan fingerprint density at radius 3 is 2.37 bits per heavy atom. The average molecular weight is 555 g/mol. The monoisotopic (exact) mass is 554 g/mol. The maximum Gasteiger partial charge on any atom is 0.323 e. The van der Waals surface area contributed by atoms with Gasteiger partial charge in [0.05, 0.1) is 4.91 Å². The molecular formula is C30H38N2O4S2. The number of carboxylic acid groups (broad SMARTS) is 1. The van der Waals surface area contributed by atoms with Gasteiger partial charge in [0.25, 0.3) is 5.91 Å². The molecule has 0 bridgehead atoms. The second kappa shape index (κ2) is 15.7. The summed E-state index contributed by atoms with van der Waals surface area (Å²) in [5, 5.41) is 9.12. The van der Waals surface area contributed by atoms with Gasteiger partial charge in [-0.3, -0.25) is 19.4 Å². The zero-order valence-electron chi connectivity index (χ0n) is 22.4. The molecular weight excluding hydrogens is 516 g/mol. The van der Waals surface area contributed by atoms with E-state index in [0.717, 1.165) is 71.6 Å². The van der Waals surface area contributed by atoms with Crippen LogP contribution in [0.5, 0.6) is 5.75 Å². The van der Waals surface area contributed by atoms with Gasteiger partial charge >= 0.3 is 5.97 Å². The summed E-state index contributed by atoms with van der Waals surface area (Å²) in [6.07, 6.45) is 8.90. The summed E-state index contributed by atoms with van der Waals surface area (Å²) < 4.78 is 6.55. The SMILES string of the molecule is CCCCCN(CCCCC)Cc1cc(/C=C2\SC(=S)N(CC(=O)O)C2=O)ccc1OCc1ccccc1. The van der Waals surface area contributed by atoms with E-state index in [4.69, 9.17) is 22.1 Å². The van der Waals surface area contributed by atoms with Crippen molar-refractivity contribution in [2.75, 3.05) is 19.6 Å². The van der Waals surface area contributed by atoms with Crippen LogP contribution in [0.15, 0.2) is 53.4 Å². The summed E-state index contributed by atoms with van der Waals surface area (Å²) in [7, 11) is 0. The summed E-state index contributed by atoms with van der Waals surface area (Å²) >= 11 is 6.39. The number of aliphatic carboxylic acids is 1. The van der Waals surface area contributed by atoms with E-state index in [1.807, 2.05) is 30.3 Å². The highest BCUT2D eigenvalue weighted by molar-refractivity contribution is 8.26. The molecule has 0 radical (unpaired) electrons. The van der Waals surface area contributed by atoms with Crippen LogP contribution in [0.4, 0.5) is 0 Å². The number of unbranched alkanes of at least 4 members (excludes halogenated alkanes) is 4.